The van der Waals surface area contributed by atoms with Crippen molar-refractivity contribution in [1.82, 2.24) is 5.32 Å². The van der Waals surface area contributed by atoms with Gasteiger partial charge in [0.15, 0.2) is 0 Å². The maximum Gasteiger partial charge on any atom is 0.220 e. The number of hydrogen-bond acceptors (Lipinski definition) is 3. The van der Waals surface area contributed by atoms with Crippen molar-refractivity contribution in [3.05, 3.63) is 0 Å². The molecule has 1 amide bonds. The fourth-order valence-electron chi connectivity index (χ4n) is 1.88. The molecule has 1 rings (SSSR count). The summed E-state index contributed by atoms with van der Waals surface area (Å²) < 4.78 is 10.5. The third-order valence-electron chi connectivity index (χ3n) is 2.84. The molecule has 5 heteroatoms. The molecule has 1 saturated heterocycles. The SMILES string of the molecule is COCC(Cl)CNC(=O)CCC1CCCCO1. The lowest BCUT2D eigenvalue weighted by molar-refractivity contribution is -0.122. The number of methoxy groups -OCH3 is 1. The first-order chi connectivity index (χ1) is 8.22. The van der Waals surface area contributed by atoms with Crippen LogP contribution in [0.25, 0.3) is 0 Å². The number of hydrogen-bond donors (Lipinski definition) is 1. The summed E-state index contributed by atoms with van der Waals surface area (Å²) in [6, 6.07) is 0. The van der Waals surface area contributed by atoms with Crippen LogP contribution in [0.2, 0.25) is 0 Å². The summed E-state index contributed by atoms with van der Waals surface area (Å²) in [5, 5.41) is 2.64. The molecular weight excluding hydrogens is 242 g/mol. The van der Waals surface area contributed by atoms with Crippen molar-refractivity contribution in [1.29, 1.82) is 0 Å². The highest BCUT2D eigenvalue weighted by molar-refractivity contribution is 6.21. The van der Waals surface area contributed by atoms with Gasteiger partial charge in [-0.2, -0.15) is 0 Å². The normalized spacial score (nSPS) is 22.1. The van der Waals surface area contributed by atoms with Gasteiger partial charge < -0.3 is 14.8 Å². The van der Waals surface area contributed by atoms with Gasteiger partial charge in [-0.25, -0.2) is 0 Å². The molecule has 2 atom stereocenters. The van der Waals surface area contributed by atoms with E-state index < -0.39 is 0 Å². The number of nitrogens with one attached hydrogen (secondary N) is 1. The van der Waals surface area contributed by atoms with Gasteiger partial charge in [0.2, 0.25) is 5.91 Å². The third kappa shape index (κ3) is 6.86. The molecule has 0 saturated carbocycles. The van der Waals surface area contributed by atoms with Crippen molar-refractivity contribution in [3.8, 4) is 0 Å². The molecular formula is C12H22ClNO3. The van der Waals surface area contributed by atoms with Crippen molar-refractivity contribution in [3.63, 3.8) is 0 Å². The van der Waals surface area contributed by atoms with Crippen LogP contribution in [0, 0.1) is 0 Å². The highest BCUT2D eigenvalue weighted by atomic mass is 35.5. The third-order valence-corrected chi connectivity index (χ3v) is 3.12. The Bertz CT molecular complexity index is 220. The fourth-order valence-corrected chi connectivity index (χ4v) is 2.08. The Morgan fingerprint density at radius 2 is 2.41 bits per heavy atom. The number of carbonyl (C=O) groups is 1. The first-order valence-electron chi connectivity index (χ1n) is 6.23. The van der Waals surface area contributed by atoms with Crippen LogP contribution in [0.4, 0.5) is 0 Å². The van der Waals surface area contributed by atoms with Crippen molar-refractivity contribution in [2.24, 2.45) is 0 Å². The number of carbonyl (C=O) groups excluding carboxylic acids is 1. The van der Waals surface area contributed by atoms with E-state index >= 15 is 0 Å². The highest BCUT2D eigenvalue weighted by Gasteiger charge is 2.15. The molecule has 0 bridgehead atoms. The van der Waals surface area contributed by atoms with Crippen LogP contribution in [0.3, 0.4) is 0 Å². The van der Waals surface area contributed by atoms with Crippen LogP contribution in [0.15, 0.2) is 0 Å². The maximum absolute atomic E-state index is 11.5. The van der Waals surface area contributed by atoms with E-state index in [1.165, 1.54) is 6.42 Å². The summed E-state index contributed by atoms with van der Waals surface area (Å²) >= 11 is 5.91. The molecule has 17 heavy (non-hydrogen) atoms. The molecule has 1 heterocycles. The second-order valence-corrected chi connectivity index (χ2v) is 5.00. The van der Waals surface area contributed by atoms with Gasteiger partial charge in [0.25, 0.3) is 0 Å². The Labute approximate surface area is 108 Å². The van der Waals surface area contributed by atoms with E-state index in [9.17, 15) is 4.79 Å². The van der Waals surface area contributed by atoms with Gasteiger partial charge in [-0.15, -0.1) is 11.6 Å². The molecule has 1 aliphatic rings. The molecule has 1 fully saturated rings. The molecule has 2 unspecified atom stereocenters. The lowest BCUT2D eigenvalue weighted by Crippen LogP contribution is -2.32. The second kappa shape index (κ2) is 8.72. The molecule has 0 aromatic rings. The van der Waals surface area contributed by atoms with Gasteiger partial charge in [-0.05, 0) is 25.7 Å². The minimum Gasteiger partial charge on any atom is -0.383 e. The van der Waals surface area contributed by atoms with E-state index in [4.69, 9.17) is 21.1 Å². The molecule has 1 aliphatic heterocycles. The minimum absolute atomic E-state index is 0.0425. The Morgan fingerprint density at radius 3 is 3.06 bits per heavy atom. The number of ether oxygens (including phenoxy) is 2. The largest absolute Gasteiger partial charge is 0.383 e. The van der Waals surface area contributed by atoms with Crippen molar-refractivity contribution in [2.45, 2.75) is 43.6 Å². The predicted octanol–water partition coefficient (Wildman–Crippen LogP) is 1.71. The highest BCUT2D eigenvalue weighted by Crippen LogP contribution is 2.16. The summed E-state index contributed by atoms with van der Waals surface area (Å²) in [6.45, 7) is 1.75. The number of rotatable bonds is 7. The van der Waals surface area contributed by atoms with Crippen molar-refractivity contribution in [2.75, 3.05) is 26.9 Å². The average molecular weight is 264 g/mol. The van der Waals surface area contributed by atoms with Gasteiger partial charge in [0, 0.05) is 26.7 Å². The molecule has 1 N–H and O–H groups in total. The first-order valence-corrected chi connectivity index (χ1v) is 6.67. The lowest BCUT2D eigenvalue weighted by atomic mass is 10.0. The van der Waals surface area contributed by atoms with Crippen LogP contribution in [-0.2, 0) is 14.3 Å². The standard InChI is InChI=1S/C12H22ClNO3/c1-16-9-10(13)8-14-12(15)6-5-11-4-2-3-7-17-11/h10-11H,2-9H2,1H3,(H,14,15). The summed E-state index contributed by atoms with van der Waals surface area (Å²) in [7, 11) is 1.59. The Morgan fingerprint density at radius 1 is 1.59 bits per heavy atom. The second-order valence-electron chi connectivity index (χ2n) is 4.38. The number of halogens is 1. The molecule has 0 spiro atoms. The zero-order valence-corrected chi connectivity index (χ0v) is 11.2. The van der Waals surface area contributed by atoms with E-state index in [1.54, 1.807) is 7.11 Å². The van der Waals surface area contributed by atoms with Crippen LogP contribution in [-0.4, -0.2) is 44.3 Å². The Balaban J connectivity index is 2.04. The number of alkyl halides is 1. The summed E-state index contributed by atoms with van der Waals surface area (Å²) in [5.74, 6) is 0.0425. The summed E-state index contributed by atoms with van der Waals surface area (Å²) in [5.41, 5.74) is 0. The van der Waals surface area contributed by atoms with Crippen LogP contribution in [0.1, 0.15) is 32.1 Å². The Hall–Kier alpha value is -0.320. The van der Waals surface area contributed by atoms with E-state index in [1.807, 2.05) is 0 Å². The van der Waals surface area contributed by atoms with Crippen molar-refractivity contribution >= 4 is 17.5 Å². The monoisotopic (exact) mass is 263 g/mol. The molecule has 0 aliphatic carbocycles. The molecule has 0 aromatic heterocycles. The first kappa shape index (κ1) is 14.7. The predicted molar refractivity (Wildman–Crippen MR) is 67.4 cm³/mol. The quantitative estimate of drug-likeness (QED) is 0.712. The summed E-state index contributed by atoms with van der Waals surface area (Å²) in [4.78, 5) is 11.5. The maximum atomic E-state index is 11.5. The van der Waals surface area contributed by atoms with E-state index in [0.717, 1.165) is 25.9 Å². The lowest BCUT2D eigenvalue weighted by Gasteiger charge is -2.22. The van der Waals surface area contributed by atoms with E-state index in [-0.39, 0.29) is 17.4 Å². The molecule has 4 nitrogen and oxygen atoms in total. The smallest absolute Gasteiger partial charge is 0.220 e. The summed E-state index contributed by atoms with van der Waals surface area (Å²) in [6.07, 6.45) is 5.02. The van der Waals surface area contributed by atoms with Gasteiger partial charge in [0.05, 0.1) is 18.1 Å². The van der Waals surface area contributed by atoms with Crippen molar-refractivity contribution < 1.29 is 14.3 Å². The molecule has 0 aromatic carbocycles. The van der Waals surface area contributed by atoms with Gasteiger partial charge in [-0.1, -0.05) is 0 Å². The number of amides is 1. The zero-order valence-electron chi connectivity index (χ0n) is 10.4. The van der Waals surface area contributed by atoms with E-state index in [2.05, 4.69) is 5.32 Å². The van der Waals surface area contributed by atoms with E-state index in [0.29, 0.717) is 19.6 Å². The zero-order chi connectivity index (χ0) is 12.5. The fraction of sp³-hybridized carbons (Fsp3) is 0.917. The molecule has 100 valence electrons. The van der Waals surface area contributed by atoms with Gasteiger partial charge in [-0.3, -0.25) is 4.79 Å². The minimum atomic E-state index is -0.158. The van der Waals surface area contributed by atoms with Gasteiger partial charge in [0.1, 0.15) is 0 Å². The van der Waals surface area contributed by atoms with Crippen LogP contribution < -0.4 is 5.32 Å². The van der Waals surface area contributed by atoms with Crippen LogP contribution >= 0.6 is 11.6 Å². The topological polar surface area (TPSA) is 47.6 Å². The van der Waals surface area contributed by atoms with Gasteiger partial charge >= 0.3 is 0 Å². The van der Waals surface area contributed by atoms with Crippen LogP contribution in [0.5, 0.6) is 0 Å². The molecule has 0 radical (unpaired) electrons. The average Bonchev–Trinajstić information content (AvgIpc) is 2.35. The Kier molecular flexibility index (Phi) is 7.56.